The normalized spacial score (nSPS) is 54.7. The van der Waals surface area contributed by atoms with Gasteiger partial charge in [0.05, 0.1) is 0 Å². The molecular formula is C7H12FN. The van der Waals surface area contributed by atoms with Crippen LogP contribution in [0.2, 0.25) is 0 Å². The minimum Gasteiger partial charge on any atom is -0.303 e. The van der Waals surface area contributed by atoms with Crippen LogP contribution in [-0.4, -0.2) is 30.2 Å². The van der Waals surface area contributed by atoms with Crippen LogP contribution >= 0.6 is 0 Å². The number of halogens is 1. The van der Waals surface area contributed by atoms with Gasteiger partial charge < -0.3 is 4.90 Å². The Hall–Kier alpha value is -0.110. The molecule has 1 nitrogen and oxygen atoms in total. The fourth-order valence-corrected chi connectivity index (χ4v) is 2.09. The zero-order chi connectivity index (χ0) is 6.70. The molecular weight excluding hydrogens is 117 g/mol. The van der Waals surface area contributed by atoms with Crippen molar-refractivity contribution in [2.75, 3.05) is 14.1 Å². The van der Waals surface area contributed by atoms with E-state index in [-0.39, 0.29) is 5.54 Å². The first-order valence-corrected chi connectivity index (χ1v) is 3.43. The summed E-state index contributed by atoms with van der Waals surface area (Å²) in [5.74, 6) is 0. The van der Waals surface area contributed by atoms with E-state index in [4.69, 9.17) is 0 Å². The van der Waals surface area contributed by atoms with Gasteiger partial charge in [0.25, 0.3) is 0 Å². The summed E-state index contributed by atoms with van der Waals surface area (Å²) in [4.78, 5) is 2.16. The van der Waals surface area contributed by atoms with Crippen molar-refractivity contribution in [3.05, 3.63) is 0 Å². The molecule has 3 aliphatic rings. The number of nitrogens with zero attached hydrogens (tertiary/aromatic N) is 1. The number of rotatable bonds is 1. The standard InChI is InChI=1S/C7H12FN/c1-9(2)7-3-6(8,4-7)5-7/h3-5H2,1-2H3. The van der Waals surface area contributed by atoms with Crippen molar-refractivity contribution in [1.29, 1.82) is 0 Å². The molecule has 0 saturated heterocycles. The summed E-state index contributed by atoms with van der Waals surface area (Å²) in [5.41, 5.74) is -0.445. The highest BCUT2D eigenvalue weighted by atomic mass is 19.1. The molecule has 3 fully saturated rings. The Morgan fingerprint density at radius 1 is 1.22 bits per heavy atom. The van der Waals surface area contributed by atoms with Gasteiger partial charge >= 0.3 is 0 Å². The minimum atomic E-state index is -0.732. The third-order valence-electron chi connectivity index (χ3n) is 2.89. The van der Waals surface area contributed by atoms with Crippen LogP contribution in [0.4, 0.5) is 4.39 Å². The second kappa shape index (κ2) is 1.17. The third kappa shape index (κ3) is 0.480. The van der Waals surface area contributed by atoms with Crippen LogP contribution in [0.1, 0.15) is 19.3 Å². The van der Waals surface area contributed by atoms with E-state index < -0.39 is 5.67 Å². The van der Waals surface area contributed by atoms with E-state index in [1.54, 1.807) is 0 Å². The van der Waals surface area contributed by atoms with E-state index in [2.05, 4.69) is 4.90 Å². The van der Waals surface area contributed by atoms with E-state index in [9.17, 15) is 4.39 Å². The Bertz CT molecular complexity index is 133. The predicted molar refractivity (Wildman–Crippen MR) is 34.1 cm³/mol. The average molecular weight is 129 g/mol. The van der Waals surface area contributed by atoms with Gasteiger partial charge in [-0.05, 0) is 14.1 Å². The van der Waals surface area contributed by atoms with Crippen molar-refractivity contribution in [3.63, 3.8) is 0 Å². The lowest BCUT2D eigenvalue weighted by atomic mass is 9.47. The summed E-state index contributed by atoms with van der Waals surface area (Å²) in [6.45, 7) is 0. The lowest BCUT2D eigenvalue weighted by molar-refractivity contribution is -0.214. The summed E-state index contributed by atoms with van der Waals surface area (Å²) in [5, 5.41) is 0. The molecule has 3 saturated carbocycles. The fraction of sp³-hybridized carbons (Fsp3) is 1.00. The number of hydrogen-bond donors (Lipinski definition) is 0. The van der Waals surface area contributed by atoms with Crippen LogP contribution in [0.5, 0.6) is 0 Å². The van der Waals surface area contributed by atoms with E-state index in [0.29, 0.717) is 0 Å². The highest BCUT2D eigenvalue weighted by Gasteiger charge is 2.70. The maximum atomic E-state index is 12.8. The second-order valence-electron chi connectivity index (χ2n) is 3.80. The fourth-order valence-electron chi connectivity index (χ4n) is 2.09. The Labute approximate surface area is 54.8 Å². The van der Waals surface area contributed by atoms with Gasteiger partial charge in [-0.3, -0.25) is 0 Å². The summed E-state index contributed by atoms with van der Waals surface area (Å²) < 4.78 is 12.8. The Morgan fingerprint density at radius 2 is 1.67 bits per heavy atom. The van der Waals surface area contributed by atoms with Gasteiger partial charge in [0.1, 0.15) is 5.67 Å². The molecule has 3 rings (SSSR count). The lowest BCUT2D eigenvalue weighted by Crippen LogP contribution is -2.75. The molecule has 0 spiro atoms. The number of hydrogen-bond acceptors (Lipinski definition) is 1. The summed E-state index contributed by atoms with van der Waals surface area (Å²) in [7, 11) is 4.08. The Kier molecular flexibility index (Phi) is 0.736. The molecule has 0 radical (unpaired) electrons. The van der Waals surface area contributed by atoms with Gasteiger partial charge in [0.15, 0.2) is 0 Å². The molecule has 0 aliphatic heterocycles. The van der Waals surface area contributed by atoms with Crippen molar-refractivity contribution < 1.29 is 4.39 Å². The highest BCUT2D eigenvalue weighted by molar-refractivity contribution is 5.24. The topological polar surface area (TPSA) is 3.24 Å². The lowest BCUT2D eigenvalue weighted by Gasteiger charge is -2.68. The van der Waals surface area contributed by atoms with Gasteiger partial charge in [-0.15, -0.1) is 0 Å². The molecule has 2 bridgehead atoms. The van der Waals surface area contributed by atoms with Crippen LogP contribution < -0.4 is 0 Å². The minimum absolute atomic E-state index is 0.286. The van der Waals surface area contributed by atoms with Crippen molar-refractivity contribution in [3.8, 4) is 0 Å². The molecule has 0 unspecified atom stereocenters. The van der Waals surface area contributed by atoms with E-state index >= 15 is 0 Å². The smallest absolute Gasteiger partial charge is 0.116 e. The van der Waals surface area contributed by atoms with Crippen molar-refractivity contribution in [2.45, 2.75) is 30.5 Å². The maximum Gasteiger partial charge on any atom is 0.116 e. The first kappa shape index (κ1) is 5.66. The van der Waals surface area contributed by atoms with E-state index in [1.807, 2.05) is 14.1 Å². The predicted octanol–water partition coefficient (Wildman–Crippen LogP) is 1.19. The Morgan fingerprint density at radius 3 is 1.78 bits per heavy atom. The molecule has 2 heteroatoms. The molecule has 0 N–H and O–H groups in total. The average Bonchev–Trinajstić information content (AvgIpc) is 1.54. The van der Waals surface area contributed by atoms with E-state index in [0.717, 1.165) is 19.3 Å². The molecule has 0 aromatic heterocycles. The summed E-state index contributed by atoms with van der Waals surface area (Å²) >= 11 is 0. The summed E-state index contributed by atoms with van der Waals surface area (Å²) in [6, 6.07) is 0. The highest BCUT2D eigenvalue weighted by Crippen LogP contribution is 2.65. The van der Waals surface area contributed by atoms with Gasteiger partial charge in [0.2, 0.25) is 0 Å². The van der Waals surface area contributed by atoms with Crippen LogP contribution in [0.3, 0.4) is 0 Å². The molecule has 0 aromatic carbocycles. The first-order chi connectivity index (χ1) is 4.06. The molecule has 52 valence electrons. The van der Waals surface area contributed by atoms with Gasteiger partial charge in [-0.25, -0.2) is 4.39 Å². The SMILES string of the molecule is CN(C)C12CC(F)(C1)C2. The monoisotopic (exact) mass is 129 g/mol. The molecule has 3 aliphatic carbocycles. The first-order valence-electron chi connectivity index (χ1n) is 3.43. The van der Waals surface area contributed by atoms with Crippen LogP contribution in [0, 0.1) is 0 Å². The van der Waals surface area contributed by atoms with Gasteiger partial charge in [-0.1, -0.05) is 0 Å². The van der Waals surface area contributed by atoms with Gasteiger partial charge in [0, 0.05) is 24.8 Å². The van der Waals surface area contributed by atoms with Crippen molar-refractivity contribution in [1.82, 2.24) is 4.90 Å². The van der Waals surface area contributed by atoms with Crippen molar-refractivity contribution >= 4 is 0 Å². The third-order valence-corrected chi connectivity index (χ3v) is 2.89. The van der Waals surface area contributed by atoms with E-state index in [1.165, 1.54) is 0 Å². The quantitative estimate of drug-likeness (QED) is 0.514. The molecule has 9 heavy (non-hydrogen) atoms. The van der Waals surface area contributed by atoms with Gasteiger partial charge in [-0.2, -0.15) is 0 Å². The molecule has 0 heterocycles. The maximum absolute atomic E-state index is 12.8. The zero-order valence-electron chi connectivity index (χ0n) is 5.95. The Balaban J connectivity index is 2.04. The largest absolute Gasteiger partial charge is 0.303 e. The summed E-state index contributed by atoms with van der Waals surface area (Å²) in [6.07, 6.45) is 2.35. The molecule has 0 aromatic rings. The van der Waals surface area contributed by atoms with Crippen molar-refractivity contribution in [2.24, 2.45) is 0 Å². The number of alkyl halides is 1. The molecule has 0 amide bonds. The zero-order valence-corrected chi connectivity index (χ0v) is 5.95. The second-order valence-corrected chi connectivity index (χ2v) is 3.80. The van der Waals surface area contributed by atoms with Crippen LogP contribution in [0.25, 0.3) is 0 Å². The van der Waals surface area contributed by atoms with Crippen LogP contribution in [-0.2, 0) is 0 Å². The van der Waals surface area contributed by atoms with Crippen LogP contribution in [0.15, 0.2) is 0 Å². The molecule has 0 atom stereocenters.